The Morgan fingerprint density at radius 3 is 2.62 bits per heavy atom. The minimum Gasteiger partial charge on any atom is -0.484 e. The summed E-state index contributed by atoms with van der Waals surface area (Å²) in [6, 6.07) is 0. The van der Waals surface area contributed by atoms with Crippen LogP contribution >= 0.6 is 11.5 Å². The lowest BCUT2D eigenvalue weighted by Crippen LogP contribution is -2.29. The Kier molecular flexibility index (Phi) is 3.53. The second kappa shape index (κ2) is 4.91. The summed E-state index contributed by atoms with van der Waals surface area (Å²) in [5.74, 6) is 1.31. The zero-order chi connectivity index (χ0) is 11.5. The van der Waals surface area contributed by atoms with E-state index >= 15 is 0 Å². The molecule has 5 heteroatoms. The molecule has 2 heterocycles. The molecule has 0 aromatic carbocycles. The van der Waals surface area contributed by atoms with Gasteiger partial charge in [-0.15, -0.1) is 0 Å². The van der Waals surface area contributed by atoms with Gasteiger partial charge in [0.1, 0.15) is 0 Å². The van der Waals surface area contributed by atoms with E-state index in [9.17, 15) is 0 Å². The SMILES string of the molecule is CC(C)Oc1c(N)nsc1N1CCCCC1. The maximum Gasteiger partial charge on any atom is 0.198 e. The molecule has 90 valence electrons. The molecule has 1 fully saturated rings. The first-order chi connectivity index (χ1) is 7.68. The highest BCUT2D eigenvalue weighted by Gasteiger charge is 2.21. The molecule has 2 N–H and O–H groups in total. The molecule has 0 radical (unpaired) electrons. The molecule has 16 heavy (non-hydrogen) atoms. The molecular formula is C11H19N3OS. The van der Waals surface area contributed by atoms with Crippen LogP contribution in [0.1, 0.15) is 33.1 Å². The normalized spacial score (nSPS) is 16.8. The van der Waals surface area contributed by atoms with Gasteiger partial charge < -0.3 is 15.4 Å². The first kappa shape index (κ1) is 11.5. The van der Waals surface area contributed by atoms with Crippen molar-refractivity contribution in [2.45, 2.75) is 39.2 Å². The quantitative estimate of drug-likeness (QED) is 0.883. The number of piperidine rings is 1. The summed E-state index contributed by atoms with van der Waals surface area (Å²) in [4.78, 5) is 2.34. The van der Waals surface area contributed by atoms with Crippen LogP contribution in [0.2, 0.25) is 0 Å². The van der Waals surface area contributed by atoms with Crippen LogP contribution in [0.3, 0.4) is 0 Å². The standard InChI is InChI=1S/C11H19N3OS/c1-8(2)15-9-10(12)13-16-11(9)14-6-4-3-5-7-14/h8H,3-7H2,1-2H3,(H2,12,13). The minimum atomic E-state index is 0.141. The molecule has 0 saturated carbocycles. The number of nitrogens with zero attached hydrogens (tertiary/aromatic N) is 2. The zero-order valence-corrected chi connectivity index (χ0v) is 10.7. The number of nitrogen functional groups attached to an aromatic ring is 1. The molecule has 1 aliphatic rings. The van der Waals surface area contributed by atoms with Gasteiger partial charge in [0.05, 0.1) is 6.10 Å². The number of aromatic nitrogens is 1. The Labute approximate surface area is 101 Å². The lowest BCUT2D eigenvalue weighted by Gasteiger charge is -2.28. The molecule has 0 spiro atoms. The van der Waals surface area contributed by atoms with E-state index in [1.807, 2.05) is 13.8 Å². The Morgan fingerprint density at radius 1 is 1.31 bits per heavy atom. The van der Waals surface area contributed by atoms with Crippen molar-refractivity contribution in [1.29, 1.82) is 0 Å². The maximum absolute atomic E-state index is 5.84. The third kappa shape index (κ3) is 2.40. The molecule has 1 aliphatic heterocycles. The Morgan fingerprint density at radius 2 is 2.00 bits per heavy atom. The van der Waals surface area contributed by atoms with Gasteiger partial charge in [0, 0.05) is 13.1 Å². The lowest BCUT2D eigenvalue weighted by atomic mass is 10.1. The zero-order valence-electron chi connectivity index (χ0n) is 9.90. The predicted octanol–water partition coefficient (Wildman–Crippen LogP) is 2.50. The molecule has 1 saturated heterocycles. The number of hydrogen-bond acceptors (Lipinski definition) is 5. The van der Waals surface area contributed by atoms with Gasteiger partial charge in [-0.2, -0.15) is 4.37 Å². The molecule has 0 amide bonds. The molecule has 2 rings (SSSR count). The highest BCUT2D eigenvalue weighted by molar-refractivity contribution is 7.11. The van der Waals surface area contributed by atoms with E-state index in [2.05, 4.69) is 9.27 Å². The Hall–Kier alpha value is -0.970. The summed E-state index contributed by atoms with van der Waals surface area (Å²) in [6.45, 7) is 6.21. The molecule has 0 atom stereocenters. The number of rotatable bonds is 3. The van der Waals surface area contributed by atoms with Gasteiger partial charge in [0.15, 0.2) is 16.6 Å². The van der Waals surface area contributed by atoms with E-state index in [4.69, 9.17) is 10.5 Å². The second-order valence-electron chi connectivity index (χ2n) is 4.42. The van der Waals surface area contributed by atoms with E-state index in [0.717, 1.165) is 23.8 Å². The van der Waals surface area contributed by atoms with Gasteiger partial charge in [-0.05, 0) is 44.6 Å². The van der Waals surface area contributed by atoms with Gasteiger partial charge in [-0.3, -0.25) is 0 Å². The summed E-state index contributed by atoms with van der Waals surface area (Å²) in [5.41, 5.74) is 5.84. The first-order valence-corrected chi connectivity index (χ1v) is 6.62. The third-order valence-electron chi connectivity index (χ3n) is 2.65. The number of nitrogens with two attached hydrogens (primary N) is 1. The van der Waals surface area contributed by atoms with E-state index < -0.39 is 0 Å². The van der Waals surface area contributed by atoms with Gasteiger partial charge in [0.25, 0.3) is 0 Å². The number of anilines is 2. The summed E-state index contributed by atoms with van der Waals surface area (Å²) in [6.07, 6.45) is 3.96. The molecular weight excluding hydrogens is 222 g/mol. The molecule has 4 nitrogen and oxygen atoms in total. The van der Waals surface area contributed by atoms with Crippen molar-refractivity contribution < 1.29 is 4.74 Å². The first-order valence-electron chi connectivity index (χ1n) is 5.85. The van der Waals surface area contributed by atoms with Crippen LogP contribution in [-0.2, 0) is 0 Å². The second-order valence-corrected chi connectivity index (χ2v) is 5.17. The van der Waals surface area contributed by atoms with Crippen molar-refractivity contribution in [3.63, 3.8) is 0 Å². The van der Waals surface area contributed by atoms with Gasteiger partial charge in [-0.25, -0.2) is 0 Å². The molecule has 1 aromatic rings. The van der Waals surface area contributed by atoms with Crippen LogP contribution in [0, 0.1) is 0 Å². The summed E-state index contributed by atoms with van der Waals surface area (Å²) < 4.78 is 9.95. The average Bonchev–Trinajstić information content (AvgIpc) is 2.61. The predicted molar refractivity (Wildman–Crippen MR) is 68.4 cm³/mol. The summed E-state index contributed by atoms with van der Waals surface area (Å²) in [5, 5.41) is 1.10. The topological polar surface area (TPSA) is 51.4 Å². The molecule has 0 aliphatic carbocycles. The average molecular weight is 241 g/mol. The van der Waals surface area contributed by atoms with Crippen LogP contribution in [0.25, 0.3) is 0 Å². The highest BCUT2D eigenvalue weighted by Crippen LogP contribution is 2.39. The van der Waals surface area contributed by atoms with E-state index in [1.165, 1.54) is 30.8 Å². The van der Waals surface area contributed by atoms with Crippen LogP contribution in [0.5, 0.6) is 5.75 Å². The Balaban J connectivity index is 2.18. The molecule has 0 bridgehead atoms. The Bertz CT molecular complexity index is 345. The van der Waals surface area contributed by atoms with E-state index in [-0.39, 0.29) is 6.10 Å². The van der Waals surface area contributed by atoms with Gasteiger partial charge in [-0.1, -0.05) is 0 Å². The van der Waals surface area contributed by atoms with E-state index in [1.54, 1.807) is 0 Å². The maximum atomic E-state index is 5.84. The number of ether oxygens (including phenoxy) is 1. The summed E-state index contributed by atoms with van der Waals surface area (Å²) in [7, 11) is 0. The monoisotopic (exact) mass is 241 g/mol. The van der Waals surface area contributed by atoms with Crippen molar-refractivity contribution in [2.24, 2.45) is 0 Å². The van der Waals surface area contributed by atoms with Crippen molar-refractivity contribution in [1.82, 2.24) is 4.37 Å². The molecule has 1 aromatic heterocycles. The third-order valence-corrected chi connectivity index (χ3v) is 3.56. The van der Waals surface area contributed by atoms with Crippen LogP contribution < -0.4 is 15.4 Å². The van der Waals surface area contributed by atoms with E-state index in [0.29, 0.717) is 5.82 Å². The fourth-order valence-electron chi connectivity index (χ4n) is 1.93. The van der Waals surface area contributed by atoms with Crippen molar-refractivity contribution in [3.05, 3.63) is 0 Å². The van der Waals surface area contributed by atoms with Crippen LogP contribution in [-0.4, -0.2) is 23.6 Å². The van der Waals surface area contributed by atoms with Crippen molar-refractivity contribution >= 4 is 22.4 Å². The minimum absolute atomic E-state index is 0.141. The van der Waals surface area contributed by atoms with Crippen LogP contribution in [0.4, 0.5) is 10.8 Å². The largest absolute Gasteiger partial charge is 0.484 e. The summed E-state index contributed by atoms with van der Waals surface area (Å²) >= 11 is 1.45. The van der Waals surface area contributed by atoms with Gasteiger partial charge >= 0.3 is 0 Å². The smallest absolute Gasteiger partial charge is 0.198 e. The fourth-order valence-corrected chi connectivity index (χ4v) is 2.73. The molecule has 0 unspecified atom stereocenters. The van der Waals surface area contributed by atoms with Gasteiger partial charge in [0.2, 0.25) is 0 Å². The highest BCUT2D eigenvalue weighted by atomic mass is 32.1. The fraction of sp³-hybridized carbons (Fsp3) is 0.727. The number of hydrogen-bond donors (Lipinski definition) is 1. The van der Waals surface area contributed by atoms with Crippen molar-refractivity contribution in [2.75, 3.05) is 23.7 Å². The van der Waals surface area contributed by atoms with Crippen LogP contribution in [0.15, 0.2) is 0 Å². The van der Waals surface area contributed by atoms with Crippen molar-refractivity contribution in [3.8, 4) is 5.75 Å². The lowest BCUT2D eigenvalue weighted by molar-refractivity contribution is 0.244.